The lowest BCUT2D eigenvalue weighted by Gasteiger charge is -2.36. The molecule has 0 radical (unpaired) electrons. The molecular formula is C21H22N2O5S. The Morgan fingerprint density at radius 1 is 0.966 bits per heavy atom. The molecule has 0 saturated carbocycles. The second-order valence-corrected chi connectivity index (χ2v) is 8.46. The molecule has 0 aliphatic carbocycles. The van der Waals surface area contributed by atoms with Gasteiger partial charge in [0.2, 0.25) is 6.79 Å². The van der Waals surface area contributed by atoms with Gasteiger partial charge in [-0.15, -0.1) is 11.8 Å². The van der Waals surface area contributed by atoms with Crippen molar-refractivity contribution in [1.82, 2.24) is 5.32 Å². The highest BCUT2D eigenvalue weighted by atomic mass is 32.2. The molecular weight excluding hydrogens is 392 g/mol. The summed E-state index contributed by atoms with van der Waals surface area (Å²) >= 11 is 1.73. The largest absolute Gasteiger partial charge is 0.454 e. The minimum Gasteiger partial charge on any atom is -0.454 e. The van der Waals surface area contributed by atoms with E-state index < -0.39 is 11.8 Å². The van der Waals surface area contributed by atoms with E-state index in [-0.39, 0.29) is 11.5 Å². The first-order chi connectivity index (χ1) is 14.1. The van der Waals surface area contributed by atoms with Crippen LogP contribution in [0.4, 0.5) is 5.69 Å². The topological polar surface area (TPSA) is 85.9 Å². The SMILES string of the molecule is O=C(NCC1(Sc2ccccc2)CCOCC1)C(=O)Nc1ccc2c(c1)OCO2. The minimum absolute atomic E-state index is 0.151. The molecule has 152 valence electrons. The summed E-state index contributed by atoms with van der Waals surface area (Å²) < 4.78 is 15.8. The first-order valence-corrected chi connectivity index (χ1v) is 10.3. The Balaban J connectivity index is 1.36. The van der Waals surface area contributed by atoms with Crippen LogP contribution in [0, 0.1) is 0 Å². The number of nitrogens with one attached hydrogen (secondary N) is 2. The Kier molecular flexibility index (Phi) is 5.92. The van der Waals surface area contributed by atoms with Crippen LogP contribution in [0.3, 0.4) is 0 Å². The highest BCUT2D eigenvalue weighted by Gasteiger charge is 2.35. The van der Waals surface area contributed by atoms with E-state index in [4.69, 9.17) is 14.2 Å². The number of anilines is 1. The molecule has 2 aromatic carbocycles. The summed E-state index contributed by atoms with van der Waals surface area (Å²) in [6, 6.07) is 15.1. The Hall–Kier alpha value is -2.71. The number of carbonyl (C=O) groups excluding carboxylic acids is 2. The van der Waals surface area contributed by atoms with E-state index in [1.807, 2.05) is 18.2 Å². The highest BCUT2D eigenvalue weighted by molar-refractivity contribution is 8.00. The molecule has 8 heteroatoms. The molecule has 0 aromatic heterocycles. The monoisotopic (exact) mass is 414 g/mol. The average molecular weight is 414 g/mol. The van der Waals surface area contributed by atoms with Crippen LogP contribution in [0.25, 0.3) is 0 Å². The Labute approximate surface area is 173 Å². The molecule has 0 spiro atoms. The molecule has 2 aliphatic heterocycles. The zero-order valence-corrected chi connectivity index (χ0v) is 16.6. The van der Waals surface area contributed by atoms with Crippen molar-refractivity contribution in [3.63, 3.8) is 0 Å². The fourth-order valence-electron chi connectivity index (χ4n) is 3.28. The molecule has 1 saturated heterocycles. The van der Waals surface area contributed by atoms with E-state index in [0.29, 0.717) is 36.9 Å². The van der Waals surface area contributed by atoms with Crippen molar-refractivity contribution in [2.24, 2.45) is 0 Å². The van der Waals surface area contributed by atoms with Crippen molar-refractivity contribution >= 4 is 29.3 Å². The van der Waals surface area contributed by atoms with Crippen molar-refractivity contribution in [1.29, 1.82) is 0 Å². The van der Waals surface area contributed by atoms with E-state index in [2.05, 4.69) is 22.8 Å². The summed E-state index contributed by atoms with van der Waals surface area (Å²) in [5.41, 5.74) is 0.480. The first kappa shape index (κ1) is 19.6. The zero-order valence-electron chi connectivity index (χ0n) is 15.8. The van der Waals surface area contributed by atoms with Gasteiger partial charge in [0.1, 0.15) is 0 Å². The van der Waals surface area contributed by atoms with E-state index in [1.54, 1.807) is 30.0 Å². The van der Waals surface area contributed by atoms with Crippen molar-refractivity contribution in [2.45, 2.75) is 22.5 Å². The quantitative estimate of drug-likeness (QED) is 0.732. The third-order valence-electron chi connectivity index (χ3n) is 4.89. The van der Waals surface area contributed by atoms with Gasteiger partial charge in [-0.05, 0) is 37.1 Å². The van der Waals surface area contributed by atoms with Crippen molar-refractivity contribution in [2.75, 3.05) is 31.9 Å². The van der Waals surface area contributed by atoms with E-state index in [0.717, 1.165) is 17.7 Å². The van der Waals surface area contributed by atoms with Gasteiger partial charge in [0, 0.05) is 41.2 Å². The molecule has 0 unspecified atom stereocenters. The van der Waals surface area contributed by atoms with Gasteiger partial charge < -0.3 is 24.8 Å². The zero-order chi connectivity index (χ0) is 20.1. The van der Waals surface area contributed by atoms with Crippen LogP contribution in [0.1, 0.15) is 12.8 Å². The predicted molar refractivity (Wildman–Crippen MR) is 109 cm³/mol. The predicted octanol–water partition coefficient (Wildman–Crippen LogP) is 2.81. The second-order valence-electron chi connectivity index (χ2n) is 6.92. The molecule has 2 N–H and O–H groups in total. The number of thioether (sulfide) groups is 1. The lowest BCUT2D eigenvalue weighted by atomic mass is 9.99. The molecule has 0 atom stereocenters. The molecule has 2 amide bonds. The molecule has 2 aromatic rings. The molecule has 29 heavy (non-hydrogen) atoms. The summed E-state index contributed by atoms with van der Waals surface area (Å²) in [5, 5.41) is 5.41. The van der Waals surface area contributed by atoms with E-state index >= 15 is 0 Å². The number of fused-ring (bicyclic) bond motifs is 1. The van der Waals surface area contributed by atoms with E-state index in [9.17, 15) is 9.59 Å². The number of benzene rings is 2. The van der Waals surface area contributed by atoms with Crippen LogP contribution in [0.15, 0.2) is 53.4 Å². The van der Waals surface area contributed by atoms with Gasteiger partial charge in [0.15, 0.2) is 11.5 Å². The summed E-state index contributed by atoms with van der Waals surface area (Å²) in [5.74, 6) is -0.214. The van der Waals surface area contributed by atoms with Crippen molar-refractivity contribution < 1.29 is 23.8 Å². The standard InChI is InChI=1S/C21H22N2O5S/c24-19(20(25)23-15-6-7-17-18(12-15)28-14-27-17)22-13-21(8-10-26-11-9-21)29-16-4-2-1-3-5-16/h1-7,12H,8-11,13-14H2,(H,22,24)(H,23,25). The maximum absolute atomic E-state index is 12.4. The van der Waals surface area contributed by atoms with Gasteiger partial charge in [0.05, 0.1) is 0 Å². The van der Waals surface area contributed by atoms with Crippen LogP contribution in [0.2, 0.25) is 0 Å². The normalized spacial score (nSPS) is 16.8. The van der Waals surface area contributed by atoms with Gasteiger partial charge >= 0.3 is 11.8 Å². The van der Waals surface area contributed by atoms with Gasteiger partial charge in [-0.1, -0.05) is 18.2 Å². The first-order valence-electron chi connectivity index (χ1n) is 9.44. The molecule has 7 nitrogen and oxygen atoms in total. The van der Waals surface area contributed by atoms with Crippen molar-refractivity contribution in [3.05, 3.63) is 48.5 Å². The smallest absolute Gasteiger partial charge is 0.313 e. The number of amides is 2. The molecule has 1 fully saturated rings. The third kappa shape index (κ3) is 4.83. The number of rotatable bonds is 5. The second kappa shape index (κ2) is 8.75. The van der Waals surface area contributed by atoms with Gasteiger partial charge in [-0.3, -0.25) is 9.59 Å². The maximum Gasteiger partial charge on any atom is 0.313 e. The fraction of sp³-hybridized carbons (Fsp3) is 0.333. The van der Waals surface area contributed by atoms with Crippen LogP contribution in [-0.4, -0.2) is 43.1 Å². The van der Waals surface area contributed by atoms with Gasteiger partial charge in [-0.25, -0.2) is 0 Å². The number of ether oxygens (including phenoxy) is 3. The van der Waals surface area contributed by atoms with Gasteiger partial charge in [-0.2, -0.15) is 0 Å². The maximum atomic E-state index is 12.4. The van der Waals surface area contributed by atoms with Crippen LogP contribution in [0.5, 0.6) is 11.5 Å². The number of hydrogen-bond acceptors (Lipinski definition) is 6. The van der Waals surface area contributed by atoms with Crippen LogP contribution >= 0.6 is 11.8 Å². The summed E-state index contributed by atoms with van der Waals surface area (Å²) in [4.78, 5) is 25.9. The number of carbonyl (C=O) groups is 2. The summed E-state index contributed by atoms with van der Waals surface area (Å²) in [7, 11) is 0. The molecule has 2 aliphatic rings. The Morgan fingerprint density at radius 3 is 2.52 bits per heavy atom. The van der Waals surface area contributed by atoms with Gasteiger partial charge in [0.25, 0.3) is 0 Å². The summed E-state index contributed by atoms with van der Waals surface area (Å²) in [6.45, 7) is 1.82. The lowest BCUT2D eigenvalue weighted by molar-refractivity contribution is -0.136. The molecule has 0 bridgehead atoms. The lowest BCUT2D eigenvalue weighted by Crippen LogP contribution is -2.47. The van der Waals surface area contributed by atoms with Crippen LogP contribution in [-0.2, 0) is 14.3 Å². The minimum atomic E-state index is -0.712. The van der Waals surface area contributed by atoms with Crippen LogP contribution < -0.4 is 20.1 Å². The molecule has 2 heterocycles. The number of hydrogen-bond donors (Lipinski definition) is 2. The molecule has 4 rings (SSSR count). The average Bonchev–Trinajstić information content (AvgIpc) is 3.21. The fourth-order valence-corrected chi connectivity index (χ4v) is 4.59. The third-order valence-corrected chi connectivity index (χ3v) is 6.38. The Bertz CT molecular complexity index is 884. The van der Waals surface area contributed by atoms with Crippen molar-refractivity contribution in [3.8, 4) is 11.5 Å². The Morgan fingerprint density at radius 2 is 1.72 bits per heavy atom. The van der Waals surface area contributed by atoms with E-state index in [1.165, 1.54) is 0 Å². The highest BCUT2D eigenvalue weighted by Crippen LogP contribution is 2.40. The summed E-state index contributed by atoms with van der Waals surface area (Å²) in [6.07, 6.45) is 1.60.